The summed E-state index contributed by atoms with van der Waals surface area (Å²) < 4.78 is 0. The lowest BCUT2D eigenvalue weighted by atomic mass is 10.1. The Morgan fingerprint density at radius 2 is 1.81 bits per heavy atom. The van der Waals surface area contributed by atoms with Crippen LogP contribution in [0.5, 0.6) is 0 Å². The molecule has 7 nitrogen and oxygen atoms in total. The van der Waals surface area contributed by atoms with Crippen molar-refractivity contribution in [3.63, 3.8) is 0 Å². The number of hydrogen-bond acceptors (Lipinski definition) is 4. The van der Waals surface area contributed by atoms with Crippen LogP contribution in [0.1, 0.15) is 31.9 Å². The third-order valence-corrected chi connectivity index (χ3v) is 4.61. The largest absolute Gasteiger partial charge is 0.339 e. The lowest BCUT2D eigenvalue weighted by Gasteiger charge is -2.08. The Labute approximate surface area is 180 Å². The summed E-state index contributed by atoms with van der Waals surface area (Å²) in [7, 11) is 0. The SMILES string of the molecule is CC#CN=C1NC(c2ccc(NC(=O)Cc3ccc([N+](=O)[O-])cc3)cc2)=CC1=C(C)C. The highest BCUT2D eigenvalue weighted by atomic mass is 16.6. The first-order valence-corrected chi connectivity index (χ1v) is 9.67. The van der Waals surface area contributed by atoms with E-state index < -0.39 is 4.92 Å². The van der Waals surface area contributed by atoms with Crippen molar-refractivity contribution < 1.29 is 9.72 Å². The number of allylic oxidation sites excluding steroid dienone is 1. The lowest BCUT2D eigenvalue weighted by Crippen LogP contribution is -2.17. The molecule has 0 saturated heterocycles. The molecule has 0 spiro atoms. The Balaban J connectivity index is 1.67. The Morgan fingerprint density at radius 3 is 2.39 bits per heavy atom. The predicted molar refractivity (Wildman–Crippen MR) is 122 cm³/mol. The zero-order valence-corrected chi connectivity index (χ0v) is 17.5. The number of nitrogens with zero attached hydrogens (tertiary/aromatic N) is 2. The molecule has 0 saturated carbocycles. The zero-order chi connectivity index (χ0) is 22.4. The number of carbonyl (C=O) groups is 1. The maximum absolute atomic E-state index is 12.3. The molecule has 0 aliphatic carbocycles. The topological polar surface area (TPSA) is 96.6 Å². The van der Waals surface area contributed by atoms with E-state index >= 15 is 0 Å². The number of non-ortho nitro benzene ring substituents is 1. The molecule has 0 fully saturated rings. The highest BCUT2D eigenvalue weighted by Gasteiger charge is 2.18. The first-order valence-electron chi connectivity index (χ1n) is 9.67. The summed E-state index contributed by atoms with van der Waals surface area (Å²) in [6, 6.07) is 16.2. The van der Waals surface area contributed by atoms with Gasteiger partial charge in [-0.05, 0) is 50.1 Å². The third kappa shape index (κ3) is 5.46. The quantitative estimate of drug-likeness (QED) is 0.430. The van der Waals surface area contributed by atoms with Crippen molar-refractivity contribution in [1.29, 1.82) is 0 Å². The van der Waals surface area contributed by atoms with Crippen LogP contribution in [0.2, 0.25) is 0 Å². The molecule has 3 rings (SSSR count). The number of carbonyl (C=O) groups excluding carboxylic acids is 1. The average molecular weight is 414 g/mol. The van der Waals surface area contributed by atoms with Crippen molar-refractivity contribution in [2.24, 2.45) is 4.99 Å². The van der Waals surface area contributed by atoms with Gasteiger partial charge in [0.25, 0.3) is 5.69 Å². The zero-order valence-electron chi connectivity index (χ0n) is 17.5. The second-order valence-corrected chi connectivity index (χ2v) is 7.14. The second kappa shape index (κ2) is 9.55. The van der Waals surface area contributed by atoms with Gasteiger partial charge in [-0.1, -0.05) is 35.8 Å². The van der Waals surface area contributed by atoms with Crippen LogP contribution in [0.3, 0.4) is 0 Å². The highest BCUT2D eigenvalue weighted by molar-refractivity contribution is 6.12. The van der Waals surface area contributed by atoms with E-state index in [0.717, 1.165) is 28.2 Å². The van der Waals surface area contributed by atoms with Crippen molar-refractivity contribution in [1.82, 2.24) is 5.32 Å². The first kappa shape index (κ1) is 21.5. The molecule has 7 heteroatoms. The molecule has 1 heterocycles. The molecule has 0 unspecified atom stereocenters. The normalized spacial score (nSPS) is 13.7. The van der Waals surface area contributed by atoms with Gasteiger partial charge in [-0.25, -0.2) is 0 Å². The van der Waals surface area contributed by atoms with Gasteiger partial charge in [-0.3, -0.25) is 14.9 Å². The van der Waals surface area contributed by atoms with Gasteiger partial charge in [0, 0.05) is 35.1 Å². The highest BCUT2D eigenvalue weighted by Crippen LogP contribution is 2.24. The minimum absolute atomic E-state index is 0.000726. The van der Waals surface area contributed by atoms with Crippen LogP contribution in [-0.4, -0.2) is 16.7 Å². The van der Waals surface area contributed by atoms with Crippen LogP contribution < -0.4 is 10.6 Å². The summed E-state index contributed by atoms with van der Waals surface area (Å²) in [5.74, 6) is 3.30. The van der Waals surface area contributed by atoms with Crippen molar-refractivity contribution in [3.8, 4) is 12.0 Å². The number of rotatable bonds is 5. The van der Waals surface area contributed by atoms with Crippen LogP contribution in [0.4, 0.5) is 11.4 Å². The van der Waals surface area contributed by atoms with Crippen LogP contribution in [0, 0.1) is 22.1 Å². The van der Waals surface area contributed by atoms with E-state index in [1.807, 2.05) is 44.2 Å². The van der Waals surface area contributed by atoms with E-state index in [0.29, 0.717) is 11.3 Å². The number of amidine groups is 1. The van der Waals surface area contributed by atoms with Gasteiger partial charge in [-0.15, -0.1) is 0 Å². The molecule has 156 valence electrons. The Hall–Kier alpha value is -4.18. The van der Waals surface area contributed by atoms with Gasteiger partial charge < -0.3 is 10.6 Å². The van der Waals surface area contributed by atoms with Crippen LogP contribution in [-0.2, 0) is 11.2 Å². The summed E-state index contributed by atoms with van der Waals surface area (Å²) >= 11 is 0. The lowest BCUT2D eigenvalue weighted by molar-refractivity contribution is -0.384. The molecule has 0 atom stereocenters. The number of nitrogens with one attached hydrogen (secondary N) is 2. The van der Waals surface area contributed by atoms with Gasteiger partial charge in [0.2, 0.25) is 5.91 Å². The Morgan fingerprint density at radius 1 is 1.13 bits per heavy atom. The average Bonchev–Trinajstić information content (AvgIpc) is 3.17. The fraction of sp³-hybridized carbons (Fsp3) is 0.167. The van der Waals surface area contributed by atoms with Crippen molar-refractivity contribution in [2.45, 2.75) is 27.2 Å². The molecule has 1 aliphatic rings. The number of nitro groups is 1. The maximum Gasteiger partial charge on any atom is 0.269 e. The van der Waals surface area contributed by atoms with E-state index in [1.165, 1.54) is 12.1 Å². The number of hydrogen-bond donors (Lipinski definition) is 2. The Bertz CT molecular complexity index is 1160. The molecule has 2 aromatic carbocycles. The molecule has 2 N–H and O–H groups in total. The molecular weight excluding hydrogens is 392 g/mol. The van der Waals surface area contributed by atoms with Gasteiger partial charge >= 0.3 is 0 Å². The molecule has 1 aliphatic heterocycles. The minimum atomic E-state index is -0.466. The first-order chi connectivity index (χ1) is 14.9. The third-order valence-electron chi connectivity index (χ3n) is 4.61. The summed E-state index contributed by atoms with van der Waals surface area (Å²) in [6.45, 7) is 5.79. The fourth-order valence-electron chi connectivity index (χ4n) is 3.04. The monoisotopic (exact) mass is 414 g/mol. The molecule has 0 aromatic heterocycles. The molecule has 0 bridgehead atoms. The van der Waals surface area contributed by atoms with Crippen LogP contribution in [0.25, 0.3) is 5.70 Å². The maximum atomic E-state index is 12.3. The summed E-state index contributed by atoms with van der Waals surface area (Å²) in [5, 5.41) is 16.9. The number of anilines is 1. The van der Waals surface area contributed by atoms with E-state index in [9.17, 15) is 14.9 Å². The predicted octanol–water partition coefficient (Wildman–Crippen LogP) is 4.44. The fourth-order valence-corrected chi connectivity index (χ4v) is 3.04. The van der Waals surface area contributed by atoms with Crippen LogP contribution in [0.15, 0.2) is 70.7 Å². The molecule has 1 amide bonds. The minimum Gasteiger partial charge on any atom is -0.339 e. The van der Waals surface area contributed by atoms with E-state index in [-0.39, 0.29) is 18.0 Å². The molecular formula is C24H22N4O3. The van der Waals surface area contributed by atoms with Crippen molar-refractivity contribution >= 4 is 28.8 Å². The van der Waals surface area contributed by atoms with Crippen molar-refractivity contribution in [2.75, 3.05) is 5.32 Å². The number of benzene rings is 2. The van der Waals surface area contributed by atoms with Gasteiger partial charge in [0.1, 0.15) is 5.84 Å². The van der Waals surface area contributed by atoms with Gasteiger partial charge in [0.05, 0.1) is 11.3 Å². The van der Waals surface area contributed by atoms with E-state index in [2.05, 4.69) is 27.6 Å². The molecule has 31 heavy (non-hydrogen) atoms. The second-order valence-electron chi connectivity index (χ2n) is 7.14. The summed E-state index contributed by atoms with van der Waals surface area (Å²) in [5.41, 5.74) is 5.39. The van der Waals surface area contributed by atoms with E-state index in [4.69, 9.17) is 0 Å². The number of nitro benzene ring substituents is 1. The van der Waals surface area contributed by atoms with Crippen molar-refractivity contribution in [3.05, 3.63) is 87.0 Å². The Kier molecular flexibility index (Phi) is 6.63. The number of amides is 1. The summed E-state index contributed by atoms with van der Waals surface area (Å²) in [4.78, 5) is 26.8. The summed E-state index contributed by atoms with van der Waals surface area (Å²) in [6.07, 6.45) is 2.17. The molecule has 2 aromatic rings. The number of aliphatic imine (C=N–C) groups is 1. The van der Waals surface area contributed by atoms with E-state index in [1.54, 1.807) is 19.1 Å². The van der Waals surface area contributed by atoms with Crippen LogP contribution >= 0.6 is 0 Å². The van der Waals surface area contributed by atoms with Gasteiger partial charge in [-0.2, -0.15) is 4.99 Å². The molecule has 0 radical (unpaired) electrons. The smallest absolute Gasteiger partial charge is 0.269 e. The standard InChI is InChI=1S/C24H22N4O3/c1-4-13-25-24-21(16(2)3)15-22(27-24)18-7-9-19(10-8-18)26-23(29)14-17-5-11-20(12-6-17)28(30)31/h5-12,15H,14H2,1-3H3,(H,25,27)(H,26,29). The van der Waals surface area contributed by atoms with Gasteiger partial charge in [0.15, 0.2) is 0 Å².